The lowest BCUT2D eigenvalue weighted by atomic mass is 10.2. The molecule has 1 aliphatic heterocycles. The van der Waals surface area contributed by atoms with E-state index in [4.69, 9.17) is 0 Å². The van der Waals surface area contributed by atoms with Crippen molar-refractivity contribution in [3.63, 3.8) is 0 Å². The van der Waals surface area contributed by atoms with Gasteiger partial charge >= 0.3 is 0 Å². The number of carbonyl (C=O) groups excluding carboxylic acids is 3. The van der Waals surface area contributed by atoms with Gasteiger partial charge < -0.3 is 10.2 Å². The van der Waals surface area contributed by atoms with Gasteiger partial charge in [-0.3, -0.25) is 14.4 Å². The van der Waals surface area contributed by atoms with E-state index in [1.165, 1.54) is 42.5 Å². The third kappa shape index (κ3) is 6.27. The maximum Gasteiger partial charge on any atom is 0.242 e. The molecule has 0 aliphatic carbocycles. The quantitative estimate of drug-likeness (QED) is 0.537. The van der Waals surface area contributed by atoms with Crippen LogP contribution in [0.5, 0.6) is 0 Å². The molecule has 0 bridgehead atoms. The first-order chi connectivity index (χ1) is 15.7. The van der Waals surface area contributed by atoms with Crippen LogP contribution in [0.3, 0.4) is 0 Å². The predicted octanol–water partition coefficient (Wildman–Crippen LogP) is 2.73. The molecule has 3 rings (SSSR count). The minimum Gasteiger partial charge on any atom is -0.352 e. The molecule has 176 valence electrons. The third-order valence-electron chi connectivity index (χ3n) is 5.66. The van der Waals surface area contributed by atoms with Gasteiger partial charge in [0.1, 0.15) is 0 Å². The first-order valence-corrected chi connectivity index (χ1v) is 12.4. The summed E-state index contributed by atoms with van der Waals surface area (Å²) in [5.74, 6) is -0.155. The largest absolute Gasteiger partial charge is 0.352 e. The molecule has 8 nitrogen and oxygen atoms in total. The number of carbonyl (C=O) groups is 3. The number of rotatable bonds is 10. The van der Waals surface area contributed by atoms with E-state index in [1.54, 1.807) is 4.90 Å². The normalized spacial score (nSPS) is 14.0. The molecule has 2 aromatic carbocycles. The van der Waals surface area contributed by atoms with E-state index in [2.05, 4.69) is 5.32 Å². The van der Waals surface area contributed by atoms with E-state index < -0.39 is 10.0 Å². The summed E-state index contributed by atoms with van der Waals surface area (Å²) in [5.41, 5.74) is 2.24. The molecule has 1 N–H and O–H groups in total. The van der Waals surface area contributed by atoms with Gasteiger partial charge in [-0.15, -0.1) is 0 Å². The van der Waals surface area contributed by atoms with Crippen LogP contribution in [0, 0.1) is 0 Å². The van der Waals surface area contributed by atoms with Crippen LogP contribution in [-0.2, 0) is 26.2 Å². The molecule has 1 heterocycles. The van der Waals surface area contributed by atoms with Crippen molar-refractivity contribution >= 4 is 33.3 Å². The summed E-state index contributed by atoms with van der Waals surface area (Å²) in [4.78, 5) is 37.2. The number of nitrogens with zero attached hydrogens (tertiary/aromatic N) is 2. The Labute approximate surface area is 194 Å². The Balaban J connectivity index is 1.43. The molecule has 9 heteroatoms. The minimum atomic E-state index is -3.69. The summed E-state index contributed by atoms with van der Waals surface area (Å²) < 4.78 is 26.5. The molecule has 0 aromatic heterocycles. The molecule has 2 amide bonds. The third-order valence-corrected chi connectivity index (χ3v) is 7.53. The van der Waals surface area contributed by atoms with Gasteiger partial charge in [-0.05, 0) is 49.6 Å². The van der Waals surface area contributed by atoms with E-state index in [9.17, 15) is 22.8 Å². The monoisotopic (exact) mass is 471 g/mol. The van der Waals surface area contributed by atoms with Gasteiger partial charge in [0.05, 0.1) is 4.90 Å². The predicted molar refractivity (Wildman–Crippen MR) is 125 cm³/mol. The minimum absolute atomic E-state index is 0.110. The summed E-state index contributed by atoms with van der Waals surface area (Å²) in [6.45, 7) is 2.72. The average Bonchev–Trinajstić information content (AvgIpc) is 3.23. The van der Waals surface area contributed by atoms with Crippen molar-refractivity contribution in [1.29, 1.82) is 0 Å². The van der Waals surface area contributed by atoms with Gasteiger partial charge in [0.2, 0.25) is 21.8 Å². The van der Waals surface area contributed by atoms with Crippen molar-refractivity contribution in [2.45, 2.75) is 44.0 Å². The second-order valence-corrected chi connectivity index (χ2v) is 10.1. The zero-order chi connectivity index (χ0) is 24.0. The number of sulfonamides is 1. The summed E-state index contributed by atoms with van der Waals surface area (Å²) in [6.07, 6.45) is 2.03. The topological polar surface area (TPSA) is 104 Å². The molecule has 1 aliphatic rings. The van der Waals surface area contributed by atoms with Crippen molar-refractivity contribution < 1.29 is 22.8 Å². The standard InChI is InChI=1S/C24H29N3O5S/c1-18(28)20-9-13-22(14-10-20)33(31,32)26(2)15-3-5-23(29)25-17-19-7-11-21(12-8-19)27-16-4-6-24(27)30/h7-14H,3-6,15-17H2,1-2H3,(H,25,29). The fourth-order valence-electron chi connectivity index (χ4n) is 3.63. The Hall–Kier alpha value is -3.04. The Morgan fingerprint density at radius 1 is 1.06 bits per heavy atom. The van der Waals surface area contributed by atoms with Crippen LogP contribution in [0.1, 0.15) is 48.5 Å². The lowest BCUT2D eigenvalue weighted by molar-refractivity contribution is -0.121. The van der Waals surface area contributed by atoms with E-state index in [0.29, 0.717) is 24.9 Å². The number of nitrogens with one attached hydrogen (secondary N) is 1. The van der Waals surface area contributed by atoms with Gasteiger partial charge in [-0.2, -0.15) is 0 Å². The van der Waals surface area contributed by atoms with Gasteiger partial charge in [-0.1, -0.05) is 24.3 Å². The van der Waals surface area contributed by atoms with E-state index >= 15 is 0 Å². The van der Waals surface area contributed by atoms with Crippen LogP contribution in [-0.4, -0.2) is 50.5 Å². The number of benzene rings is 2. The number of ketones is 1. The smallest absolute Gasteiger partial charge is 0.242 e. The average molecular weight is 472 g/mol. The molecule has 2 aromatic rings. The molecule has 0 radical (unpaired) electrons. The van der Waals surface area contributed by atoms with Crippen molar-refractivity contribution in [2.75, 3.05) is 25.0 Å². The lowest BCUT2D eigenvalue weighted by Crippen LogP contribution is -2.29. The molecular weight excluding hydrogens is 442 g/mol. The maximum atomic E-state index is 12.7. The number of anilines is 1. The number of hydrogen-bond donors (Lipinski definition) is 1. The highest BCUT2D eigenvalue weighted by molar-refractivity contribution is 7.89. The van der Waals surface area contributed by atoms with Gasteiger partial charge in [0.25, 0.3) is 0 Å². The molecular formula is C24H29N3O5S. The Morgan fingerprint density at radius 2 is 1.73 bits per heavy atom. The first kappa shape index (κ1) is 24.6. The van der Waals surface area contributed by atoms with Crippen LogP contribution >= 0.6 is 0 Å². The number of hydrogen-bond acceptors (Lipinski definition) is 5. The first-order valence-electron chi connectivity index (χ1n) is 10.9. The van der Waals surface area contributed by atoms with Crippen LogP contribution in [0.25, 0.3) is 0 Å². The van der Waals surface area contributed by atoms with Crippen molar-refractivity contribution in [2.24, 2.45) is 0 Å². The van der Waals surface area contributed by atoms with Crippen molar-refractivity contribution in [3.05, 3.63) is 59.7 Å². The molecule has 0 atom stereocenters. The summed E-state index contributed by atoms with van der Waals surface area (Å²) in [6, 6.07) is 13.4. The van der Waals surface area contributed by atoms with Gasteiger partial charge in [0, 0.05) is 50.8 Å². The molecule has 0 unspecified atom stereocenters. The zero-order valence-electron chi connectivity index (χ0n) is 18.9. The number of amides is 2. The second-order valence-electron chi connectivity index (χ2n) is 8.10. The number of Topliss-reactive ketones (excluding diaryl/α,β-unsaturated/α-hetero) is 1. The molecule has 0 spiro atoms. The Morgan fingerprint density at radius 3 is 2.30 bits per heavy atom. The highest BCUT2D eigenvalue weighted by atomic mass is 32.2. The Kier molecular flexibility index (Phi) is 7.99. The molecule has 33 heavy (non-hydrogen) atoms. The van der Waals surface area contributed by atoms with Crippen LogP contribution in [0.2, 0.25) is 0 Å². The summed E-state index contributed by atoms with van der Waals surface area (Å²) in [5, 5.41) is 2.84. The summed E-state index contributed by atoms with van der Waals surface area (Å²) >= 11 is 0. The van der Waals surface area contributed by atoms with E-state index in [-0.39, 0.29) is 35.5 Å². The van der Waals surface area contributed by atoms with Gasteiger partial charge in [0.15, 0.2) is 5.78 Å². The molecule has 0 saturated carbocycles. The molecule has 1 fully saturated rings. The lowest BCUT2D eigenvalue weighted by Gasteiger charge is -2.17. The van der Waals surface area contributed by atoms with Crippen LogP contribution in [0.4, 0.5) is 5.69 Å². The summed E-state index contributed by atoms with van der Waals surface area (Å²) in [7, 11) is -2.22. The van der Waals surface area contributed by atoms with Crippen molar-refractivity contribution in [3.8, 4) is 0 Å². The second kappa shape index (κ2) is 10.7. The molecule has 1 saturated heterocycles. The highest BCUT2D eigenvalue weighted by Crippen LogP contribution is 2.21. The highest BCUT2D eigenvalue weighted by Gasteiger charge is 2.22. The van der Waals surface area contributed by atoms with E-state index in [1.807, 2.05) is 24.3 Å². The van der Waals surface area contributed by atoms with Crippen molar-refractivity contribution in [1.82, 2.24) is 9.62 Å². The SMILES string of the molecule is CC(=O)c1ccc(S(=O)(=O)N(C)CCCC(=O)NCc2ccc(N3CCCC3=O)cc2)cc1. The van der Waals surface area contributed by atoms with Crippen LogP contribution in [0.15, 0.2) is 53.4 Å². The zero-order valence-corrected chi connectivity index (χ0v) is 19.7. The van der Waals surface area contributed by atoms with E-state index in [0.717, 1.165) is 24.2 Å². The maximum absolute atomic E-state index is 12.7. The fraction of sp³-hybridized carbons (Fsp3) is 0.375. The fourth-order valence-corrected chi connectivity index (χ4v) is 4.84. The van der Waals surface area contributed by atoms with Crippen LogP contribution < -0.4 is 10.2 Å². The van der Waals surface area contributed by atoms with Gasteiger partial charge in [-0.25, -0.2) is 12.7 Å². The Bertz CT molecular complexity index is 1110.